The van der Waals surface area contributed by atoms with Crippen molar-refractivity contribution >= 4 is 27.6 Å². The quantitative estimate of drug-likeness (QED) is 0.552. The fourth-order valence-electron chi connectivity index (χ4n) is 3.58. The van der Waals surface area contributed by atoms with Gasteiger partial charge in [-0.05, 0) is 60.2 Å². The first-order valence-electron chi connectivity index (χ1n) is 10.2. The van der Waals surface area contributed by atoms with Crippen LogP contribution in [-0.2, 0) is 16.0 Å². The largest absolute Gasteiger partial charge is 0.493 e. The Morgan fingerprint density at radius 3 is 2.61 bits per heavy atom. The summed E-state index contributed by atoms with van der Waals surface area (Å²) in [7, 11) is 1.58. The summed E-state index contributed by atoms with van der Waals surface area (Å²) in [6.45, 7) is 0.634. The van der Waals surface area contributed by atoms with Crippen LogP contribution in [-0.4, -0.2) is 30.3 Å². The Hall–Kier alpha value is -2.67. The smallest absolute Gasteiger partial charge is 0.231 e. The van der Waals surface area contributed by atoms with Crippen LogP contribution in [0.3, 0.4) is 0 Å². The second-order valence-electron chi connectivity index (χ2n) is 7.88. The lowest BCUT2D eigenvalue weighted by molar-refractivity contribution is -0.131. The molecule has 1 heterocycles. The number of allylic oxidation sites excluding steroid dienone is 1. The number of carbonyl (C=O) groups excluding carboxylic acids is 2. The molecule has 0 radical (unpaired) electrons. The molecule has 0 bridgehead atoms. The van der Waals surface area contributed by atoms with Crippen molar-refractivity contribution in [3.05, 3.63) is 70.1 Å². The first-order chi connectivity index (χ1) is 14.9. The average molecular weight is 488 g/mol. The minimum Gasteiger partial charge on any atom is -0.493 e. The number of halogens is 2. The van der Waals surface area contributed by atoms with Crippen molar-refractivity contribution < 1.29 is 23.5 Å². The molecule has 1 amide bonds. The van der Waals surface area contributed by atoms with Gasteiger partial charge in [-0.25, -0.2) is 4.39 Å². The summed E-state index contributed by atoms with van der Waals surface area (Å²) in [5.74, 6) is 1.21. The van der Waals surface area contributed by atoms with Crippen LogP contribution in [0.4, 0.5) is 4.39 Å². The number of ketones is 1. The van der Waals surface area contributed by atoms with Crippen molar-refractivity contribution in [3.8, 4) is 11.5 Å². The third kappa shape index (κ3) is 5.15. The maximum absolute atomic E-state index is 13.3. The summed E-state index contributed by atoms with van der Waals surface area (Å²) in [6.07, 6.45) is 5.55. The highest BCUT2D eigenvalue weighted by molar-refractivity contribution is 9.10. The van der Waals surface area contributed by atoms with Crippen LogP contribution < -0.4 is 9.47 Å². The van der Waals surface area contributed by atoms with Crippen LogP contribution in [0.15, 0.2) is 53.1 Å². The molecule has 1 aliphatic carbocycles. The maximum atomic E-state index is 13.3. The minimum absolute atomic E-state index is 0.0697. The van der Waals surface area contributed by atoms with E-state index in [0.717, 1.165) is 15.6 Å². The fraction of sp³-hybridized carbons (Fsp3) is 0.333. The number of amides is 1. The number of methoxy groups -OCH3 is 1. The monoisotopic (exact) mass is 487 g/mol. The summed E-state index contributed by atoms with van der Waals surface area (Å²) in [6, 6.07) is 9.06. The van der Waals surface area contributed by atoms with Crippen LogP contribution in [0.5, 0.6) is 11.5 Å². The molecule has 1 saturated carbocycles. The molecule has 0 aromatic heterocycles. The molecule has 2 aromatic rings. The Morgan fingerprint density at radius 2 is 1.94 bits per heavy atom. The number of ether oxygens (including phenoxy) is 2. The summed E-state index contributed by atoms with van der Waals surface area (Å²) < 4.78 is 25.4. The molecule has 31 heavy (non-hydrogen) atoms. The van der Waals surface area contributed by atoms with Gasteiger partial charge in [0.15, 0.2) is 17.3 Å². The van der Waals surface area contributed by atoms with Crippen molar-refractivity contribution in [1.29, 1.82) is 0 Å². The molecule has 1 atom stereocenters. The Balaban J connectivity index is 1.56. The highest BCUT2D eigenvalue weighted by Crippen LogP contribution is 2.37. The van der Waals surface area contributed by atoms with E-state index in [0.29, 0.717) is 24.0 Å². The van der Waals surface area contributed by atoms with Gasteiger partial charge in [-0.2, -0.15) is 0 Å². The van der Waals surface area contributed by atoms with Gasteiger partial charge in [0.05, 0.1) is 26.2 Å². The molecule has 162 valence electrons. The van der Waals surface area contributed by atoms with Gasteiger partial charge in [0.2, 0.25) is 5.91 Å². The van der Waals surface area contributed by atoms with Crippen LogP contribution in [0.1, 0.15) is 36.4 Å². The lowest BCUT2D eigenvalue weighted by Gasteiger charge is -2.31. The van der Waals surface area contributed by atoms with Gasteiger partial charge in [-0.15, -0.1) is 0 Å². The third-order valence-corrected chi connectivity index (χ3v) is 6.28. The molecule has 4 rings (SSSR count). The summed E-state index contributed by atoms with van der Waals surface area (Å²) in [5.41, 5.74) is 1.48. The number of carbonyl (C=O) groups is 2. The van der Waals surface area contributed by atoms with Gasteiger partial charge >= 0.3 is 0 Å². The number of rotatable bonds is 7. The highest BCUT2D eigenvalue weighted by Gasteiger charge is 2.29. The van der Waals surface area contributed by atoms with Crippen molar-refractivity contribution in [3.63, 3.8) is 0 Å². The Morgan fingerprint density at radius 1 is 1.19 bits per heavy atom. The second-order valence-corrected chi connectivity index (χ2v) is 8.73. The molecule has 7 heteroatoms. The van der Waals surface area contributed by atoms with Gasteiger partial charge in [0.1, 0.15) is 5.82 Å². The van der Waals surface area contributed by atoms with Crippen LogP contribution in [0, 0.1) is 11.7 Å². The molecular formula is C24H23BrFNO4. The van der Waals surface area contributed by atoms with Crippen molar-refractivity contribution in [2.45, 2.75) is 31.7 Å². The van der Waals surface area contributed by atoms with Crippen molar-refractivity contribution in [1.82, 2.24) is 4.90 Å². The first-order valence-corrected chi connectivity index (χ1v) is 11.0. The lowest BCUT2D eigenvalue weighted by atomic mass is 9.96. The number of nitrogens with zero attached hydrogens (tertiary/aromatic N) is 1. The molecule has 5 nitrogen and oxygen atoms in total. The molecule has 2 aromatic carbocycles. The molecule has 0 saturated heterocycles. The van der Waals surface area contributed by atoms with E-state index in [4.69, 9.17) is 9.47 Å². The summed E-state index contributed by atoms with van der Waals surface area (Å²) in [4.78, 5) is 26.8. The van der Waals surface area contributed by atoms with E-state index >= 15 is 0 Å². The predicted molar refractivity (Wildman–Crippen MR) is 117 cm³/mol. The van der Waals surface area contributed by atoms with E-state index in [2.05, 4.69) is 15.9 Å². The molecule has 0 unspecified atom stereocenters. The van der Waals surface area contributed by atoms with Gasteiger partial charge in [-0.1, -0.05) is 28.1 Å². The summed E-state index contributed by atoms with van der Waals surface area (Å²) in [5, 5.41) is 0. The topological polar surface area (TPSA) is 55.8 Å². The SMILES string of the molecule is COc1cc(Br)c(CC(=O)N2C=CC(=O)C[C@H]2c2ccc(F)cc2)cc1OCC1CC1. The molecule has 0 spiro atoms. The predicted octanol–water partition coefficient (Wildman–Crippen LogP) is 4.98. The normalized spacial score (nSPS) is 18.2. The molecule has 1 fully saturated rings. The maximum Gasteiger partial charge on any atom is 0.231 e. The molecule has 1 aliphatic heterocycles. The van der Waals surface area contributed by atoms with E-state index in [9.17, 15) is 14.0 Å². The van der Waals surface area contributed by atoms with E-state index < -0.39 is 6.04 Å². The van der Waals surface area contributed by atoms with Gasteiger partial charge in [0, 0.05) is 17.1 Å². The van der Waals surface area contributed by atoms with Gasteiger partial charge in [-0.3, -0.25) is 9.59 Å². The Kier molecular flexibility index (Phi) is 6.41. The Labute approximate surface area is 189 Å². The van der Waals surface area contributed by atoms with Crippen molar-refractivity contribution in [2.24, 2.45) is 5.92 Å². The van der Waals surface area contributed by atoms with E-state index in [-0.39, 0.29) is 30.3 Å². The number of hydrogen-bond donors (Lipinski definition) is 0. The zero-order chi connectivity index (χ0) is 22.0. The lowest BCUT2D eigenvalue weighted by Crippen LogP contribution is -2.35. The zero-order valence-corrected chi connectivity index (χ0v) is 18.7. The summed E-state index contributed by atoms with van der Waals surface area (Å²) >= 11 is 3.52. The second kappa shape index (κ2) is 9.22. The van der Waals surface area contributed by atoms with Gasteiger partial charge in [0.25, 0.3) is 0 Å². The van der Waals surface area contributed by atoms with E-state index in [1.807, 2.05) is 6.07 Å². The van der Waals surface area contributed by atoms with Crippen LogP contribution >= 0.6 is 15.9 Å². The van der Waals surface area contributed by atoms with Crippen molar-refractivity contribution in [2.75, 3.05) is 13.7 Å². The van der Waals surface area contributed by atoms with Crippen LogP contribution in [0.2, 0.25) is 0 Å². The number of hydrogen-bond acceptors (Lipinski definition) is 4. The zero-order valence-electron chi connectivity index (χ0n) is 17.1. The average Bonchev–Trinajstić information content (AvgIpc) is 3.58. The molecule has 0 N–H and O–H groups in total. The molecular weight excluding hydrogens is 465 g/mol. The van der Waals surface area contributed by atoms with E-state index in [1.54, 1.807) is 30.2 Å². The standard InChI is InChI=1S/C24H23BrFNO4/c1-30-22-13-20(25)17(10-23(22)31-14-15-2-3-15)11-24(29)27-9-8-19(28)12-21(27)16-4-6-18(26)7-5-16/h4-10,13,15,21H,2-3,11-12,14H2,1H3/t21-/m0/s1. The third-order valence-electron chi connectivity index (χ3n) is 5.54. The fourth-order valence-corrected chi connectivity index (χ4v) is 4.04. The minimum atomic E-state index is -0.465. The van der Waals surface area contributed by atoms with E-state index in [1.165, 1.54) is 37.3 Å². The Bertz CT molecular complexity index is 1020. The van der Waals surface area contributed by atoms with Crippen LogP contribution in [0.25, 0.3) is 0 Å². The molecule has 2 aliphatic rings. The van der Waals surface area contributed by atoms with Gasteiger partial charge < -0.3 is 14.4 Å². The highest BCUT2D eigenvalue weighted by atomic mass is 79.9. The number of benzene rings is 2. The first kappa shape index (κ1) is 21.6.